The van der Waals surface area contributed by atoms with Gasteiger partial charge < -0.3 is 14.2 Å². The van der Waals surface area contributed by atoms with Crippen LogP contribution in [-0.2, 0) is 9.53 Å². The molecule has 33 heavy (non-hydrogen) atoms. The molecule has 0 aromatic heterocycles. The Morgan fingerprint density at radius 2 is 1.45 bits per heavy atom. The lowest BCUT2D eigenvalue weighted by molar-refractivity contribution is -0.149. The summed E-state index contributed by atoms with van der Waals surface area (Å²) in [5, 5.41) is 8.48. The molecule has 0 aliphatic heterocycles. The van der Waals surface area contributed by atoms with Crippen LogP contribution < -0.4 is 9.47 Å². The minimum absolute atomic E-state index is 0.00200. The Morgan fingerprint density at radius 1 is 0.818 bits per heavy atom. The van der Waals surface area contributed by atoms with Crippen molar-refractivity contribution in [2.45, 2.75) is 38.5 Å². The highest BCUT2D eigenvalue weighted by atomic mass is 16.5. The summed E-state index contributed by atoms with van der Waals surface area (Å²) in [4.78, 5) is 12.2. The predicted molar refractivity (Wildman–Crippen MR) is 127 cm³/mol. The maximum absolute atomic E-state index is 12.2. The molecule has 4 rings (SSSR count). The number of methoxy groups -OCH3 is 1. The van der Waals surface area contributed by atoms with Gasteiger partial charge in [0, 0.05) is 0 Å². The van der Waals surface area contributed by atoms with E-state index in [1.54, 1.807) is 7.11 Å². The van der Waals surface area contributed by atoms with Gasteiger partial charge in [-0.15, -0.1) is 0 Å². The average molecular weight is 449 g/mol. The van der Waals surface area contributed by atoms with E-state index in [0.29, 0.717) is 25.0 Å². The van der Waals surface area contributed by atoms with Gasteiger partial charge in [0.2, 0.25) is 0 Å². The molecule has 2 aromatic rings. The summed E-state index contributed by atoms with van der Waals surface area (Å²) in [5.41, 5.74) is 1.54. The van der Waals surface area contributed by atoms with Gasteiger partial charge >= 0.3 is 5.97 Å². The molecule has 2 aromatic carbocycles. The van der Waals surface area contributed by atoms with E-state index in [1.807, 2.05) is 48.5 Å². The molecule has 6 heteroatoms. The molecule has 0 amide bonds. The third-order valence-corrected chi connectivity index (χ3v) is 6.32. The van der Waals surface area contributed by atoms with E-state index >= 15 is 0 Å². The summed E-state index contributed by atoms with van der Waals surface area (Å²) in [6, 6.07) is 15.0. The average Bonchev–Trinajstić information content (AvgIpc) is 3.49. The van der Waals surface area contributed by atoms with Crippen molar-refractivity contribution < 1.29 is 19.0 Å². The van der Waals surface area contributed by atoms with Gasteiger partial charge in [0.15, 0.2) is 0 Å². The second-order valence-electron chi connectivity index (χ2n) is 8.71. The first-order valence-corrected chi connectivity index (χ1v) is 11.8. The van der Waals surface area contributed by atoms with Crippen molar-refractivity contribution in [3.8, 4) is 11.5 Å². The monoisotopic (exact) mass is 448 g/mol. The summed E-state index contributed by atoms with van der Waals surface area (Å²) in [5.74, 6) is 2.75. The molecule has 0 saturated heterocycles. The van der Waals surface area contributed by atoms with Gasteiger partial charge in [0.25, 0.3) is 0 Å². The number of nitrogens with zero attached hydrogens (tertiary/aromatic N) is 2. The van der Waals surface area contributed by atoms with E-state index in [1.165, 1.54) is 0 Å². The Hall–Kier alpha value is -3.15. The number of allylic oxidation sites excluding steroid dienone is 2. The minimum Gasteiger partial charge on any atom is -0.497 e. The first-order valence-electron chi connectivity index (χ1n) is 11.8. The van der Waals surface area contributed by atoms with Crippen LogP contribution in [0.15, 0.2) is 70.9 Å². The molecule has 3 unspecified atom stereocenters. The zero-order valence-electron chi connectivity index (χ0n) is 19.2. The molecule has 1 saturated carbocycles. The SMILES string of the molecule is COc1ccc(/N=N/c2ccc(OCCCCCCOC(=O)C3CC4C=CC3C4)cc2)cc1. The van der Waals surface area contributed by atoms with Crippen LogP contribution in [-0.4, -0.2) is 26.3 Å². The fraction of sp³-hybridized carbons (Fsp3) is 0.444. The second kappa shape index (κ2) is 11.6. The normalized spacial score (nSPS) is 20.9. The fourth-order valence-electron chi connectivity index (χ4n) is 4.45. The topological polar surface area (TPSA) is 69.5 Å². The zero-order valence-corrected chi connectivity index (χ0v) is 19.2. The van der Waals surface area contributed by atoms with Gasteiger partial charge in [0.1, 0.15) is 11.5 Å². The molecular weight excluding hydrogens is 416 g/mol. The number of carbonyl (C=O) groups excluding carboxylic acids is 1. The van der Waals surface area contributed by atoms with E-state index in [4.69, 9.17) is 14.2 Å². The number of rotatable bonds is 12. The molecule has 6 nitrogen and oxygen atoms in total. The maximum Gasteiger partial charge on any atom is 0.309 e. The van der Waals surface area contributed by atoms with Gasteiger partial charge in [-0.3, -0.25) is 4.79 Å². The molecule has 0 radical (unpaired) electrons. The Balaban J connectivity index is 1.05. The van der Waals surface area contributed by atoms with E-state index in [2.05, 4.69) is 22.4 Å². The number of carbonyl (C=O) groups is 1. The lowest BCUT2D eigenvalue weighted by Gasteiger charge is -2.16. The highest BCUT2D eigenvalue weighted by molar-refractivity contribution is 5.74. The Kier molecular flexibility index (Phi) is 8.12. The number of esters is 1. The molecule has 1 fully saturated rings. The number of fused-ring (bicyclic) bond motifs is 2. The molecule has 174 valence electrons. The second-order valence-corrected chi connectivity index (χ2v) is 8.71. The number of hydrogen-bond acceptors (Lipinski definition) is 6. The standard InChI is InChI=1S/C27H32N2O4/c1-31-24-12-8-22(9-13-24)28-29-23-10-14-25(15-11-23)32-16-4-2-3-5-17-33-27(30)26-19-20-6-7-21(26)18-20/h6-15,20-21,26H,2-5,16-19H2,1H3/b29-28+. The van der Waals surface area contributed by atoms with Crippen molar-refractivity contribution in [2.75, 3.05) is 20.3 Å². The summed E-state index contributed by atoms with van der Waals surface area (Å²) in [6.07, 6.45) is 10.5. The van der Waals surface area contributed by atoms with Crippen LogP contribution in [0.1, 0.15) is 38.5 Å². The molecule has 0 N–H and O–H groups in total. The minimum atomic E-state index is 0.00200. The van der Waals surface area contributed by atoms with Gasteiger partial charge in [0.05, 0.1) is 37.6 Å². The largest absolute Gasteiger partial charge is 0.497 e. The summed E-state index contributed by atoms with van der Waals surface area (Å²) in [7, 11) is 1.64. The van der Waals surface area contributed by atoms with Crippen LogP contribution in [0.4, 0.5) is 11.4 Å². The van der Waals surface area contributed by atoms with Gasteiger partial charge in [-0.1, -0.05) is 12.2 Å². The molecule has 3 atom stereocenters. The van der Waals surface area contributed by atoms with Crippen molar-refractivity contribution in [3.63, 3.8) is 0 Å². The first-order chi connectivity index (χ1) is 16.2. The highest BCUT2D eigenvalue weighted by Gasteiger charge is 2.40. The van der Waals surface area contributed by atoms with E-state index in [-0.39, 0.29) is 11.9 Å². The summed E-state index contributed by atoms with van der Waals surface area (Å²) in [6.45, 7) is 1.20. The summed E-state index contributed by atoms with van der Waals surface area (Å²) >= 11 is 0. The molecular formula is C27H32N2O4. The van der Waals surface area contributed by atoms with Crippen LogP contribution in [0.25, 0.3) is 0 Å². The van der Waals surface area contributed by atoms with Crippen molar-refractivity contribution in [2.24, 2.45) is 28.0 Å². The smallest absolute Gasteiger partial charge is 0.309 e. The van der Waals surface area contributed by atoms with Crippen LogP contribution in [0, 0.1) is 17.8 Å². The summed E-state index contributed by atoms with van der Waals surface area (Å²) < 4.78 is 16.4. The lowest BCUT2D eigenvalue weighted by atomic mass is 9.94. The quantitative estimate of drug-likeness (QED) is 0.155. The number of ether oxygens (including phenoxy) is 3. The van der Waals surface area contributed by atoms with Crippen molar-refractivity contribution in [1.29, 1.82) is 0 Å². The molecule has 2 bridgehead atoms. The number of azo groups is 1. The zero-order chi connectivity index (χ0) is 22.9. The van der Waals surface area contributed by atoms with Crippen molar-refractivity contribution in [3.05, 3.63) is 60.7 Å². The van der Waals surface area contributed by atoms with Crippen molar-refractivity contribution in [1.82, 2.24) is 0 Å². The third kappa shape index (κ3) is 6.67. The Morgan fingerprint density at radius 3 is 2.03 bits per heavy atom. The predicted octanol–water partition coefficient (Wildman–Crippen LogP) is 6.81. The first kappa shape index (κ1) is 23.0. The van der Waals surface area contributed by atoms with Crippen LogP contribution in [0.5, 0.6) is 11.5 Å². The van der Waals surface area contributed by atoms with Gasteiger partial charge in [-0.25, -0.2) is 0 Å². The van der Waals surface area contributed by atoms with Gasteiger partial charge in [-0.2, -0.15) is 10.2 Å². The number of benzene rings is 2. The van der Waals surface area contributed by atoms with E-state index < -0.39 is 0 Å². The highest BCUT2D eigenvalue weighted by Crippen LogP contribution is 2.43. The molecule has 2 aliphatic carbocycles. The Bertz CT molecular complexity index is 953. The maximum atomic E-state index is 12.2. The van der Waals surface area contributed by atoms with Crippen molar-refractivity contribution >= 4 is 17.3 Å². The third-order valence-electron chi connectivity index (χ3n) is 6.32. The van der Waals surface area contributed by atoms with Crippen LogP contribution in [0.2, 0.25) is 0 Å². The molecule has 0 heterocycles. The van der Waals surface area contributed by atoms with Crippen LogP contribution in [0.3, 0.4) is 0 Å². The lowest BCUT2D eigenvalue weighted by Crippen LogP contribution is -2.22. The number of hydrogen-bond donors (Lipinski definition) is 0. The Labute approximate surface area is 195 Å². The number of unbranched alkanes of at least 4 members (excludes halogenated alkanes) is 3. The molecule has 0 spiro atoms. The van der Waals surface area contributed by atoms with E-state index in [0.717, 1.165) is 61.4 Å². The fourth-order valence-corrected chi connectivity index (χ4v) is 4.45. The van der Waals surface area contributed by atoms with Gasteiger partial charge in [-0.05, 0) is 98.9 Å². The molecule has 2 aliphatic rings. The van der Waals surface area contributed by atoms with E-state index in [9.17, 15) is 4.79 Å². The van der Waals surface area contributed by atoms with Crippen LogP contribution >= 0.6 is 0 Å².